The summed E-state index contributed by atoms with van der Waals surface area (Å²) in [6.45, 7) is 0.0260. The van der Waals surface area contributed by atoms with E-state index in [1.54, 1.807) is 6.07 Å². The van der Waals surface area contributed by atoms with Gasteiger partial charge in [-0.1, -0.05) is 6.07 Å². The molecule has 9 heteroatoms. The summed E-state index contributed by atoms with van der Waals surface area (Å²) < 4.78 is 0. The molecule has 2 aromatic heterocycles. The smallest absolute Gasteiger partial charge is 0.274 e. The molecular weight excluding hydrogens is 300 g/mol. The maximum absolute atomic E-state index is 12.3. The van der Waals surface area contributed by atoms with E-state index in [0.29, 0.717) is 22.3 Å². The number of fused-ring (bicyclic) bond motifs is 1. The summed E-state index contributed by atoms with van der Waals surface area (Å²) >= 11 is 0. The van der Waals surface area contributed by atoms with Crippen LogP contribution >= 0.6 is 0 Å². The highest BCUT2D eigenvalue weighted by atomic mass is 16.6. The van der Waals surface area contributed by atoms with E-state index in [1.807, 2.05) is 0 Å². The van der Waals surface area contributed by atoms with Crippen LogP contribution in [0.15, 0.2) is 36.7 Å². The second kappa shape index (κ2) is 5.81. The van der Waals surface area contributed by atoms with Gasteiger partial charge in [0.25, 0.3) is 11.6 Å². The van der Waals surface area contributed by atoms with Crippen molar-refractivity contribution in [1.29, 1.82) is 0 Å². The molecule has 116 valence electrons. The number of rotatable bonds is 4. The van der Waals surface area contributed by atoms with Crippen LogP contribution in [0.1, 0.15) is 15.9 Å². The van der Waals surface area contributed by atoms with E-state index in [4.69, 9.17) is 5.73 Å². The second-order valence-corrected chi connectivity index (χ2v) is 4.75. The molecule has 3 rings (SSSR count). The number of nitro benzene ring substituents is 1. The maximum atomic E-state index is 12.3. The number of H-pyrrole nitrogens is 1. The molecule has 3 aromatic rings. The number of hydrogen-bond acceptors (Lipinski definition) is 6. The number of pyridine rings is 1. The number of benzene rings is 1. The fraction of sp³-hybridized carbons (Fsp3) is 0.0714. The minimum Gasteiger partial charge on any atom is -0.326 e. The molecule has 0 aliphatic heterocycles. The van der Waals surface area contributed by atoms with Crippen LogP contribution in [-0.4, -0.2) is 26.0 Å². The molecule has 0 radical (unpaired) electrons. The Morgan fingerprint density at radius 2 is 2.22 bits per heavy atom. The zero-order chi connectivity index (χ0) is 16.4. The lowest BCUT2D eigenvalue weighted by atomic mass is 10.1. The molecule has 23 heavy (non-hydrogen) atoms. The van der Waals surface area contributed by atoms with Gasteiger partial charge in [-0.3, -0.25) is 20.0 Å². The average Bonchev–Trinajstić information content (AvgIpc) is 3.03. The van der Waals surface area contributed by atoms with Gasteiger partial charge in [0.05, 0.1) is 22.2 Å². The summed E-state index contributed by atoms with van der Waals surface area (Å²) in [5.41, 5.74) is 6.87. The van der Waals surface area contributed by atoms with E-state index in [1.165, 1.54) is 30.6 Å². The third kappa shape index (κ3) is 2.72. The average molecular weight is 312 g/mol. The van der Waals surface area contributed by atoms with Crippen molar-refractivity contribution in [2.24, 2.45) is 5.73 Å². The molecule has 0 spiro atoms. The number of nitrogens with two attached hydrogens (primary N) is 1. The van der Waals surface area contributed by atoms with Gasteiger partial charge in [0.2, 0.25) is 0 Å². The molecule has 2 heterocycles. The molecule has 9 nitrogen and oxygen atoms in total. The van der Waals surface area contributed by atoms with Gasteiger partial charge in [0, 0.05) is 29.9 Å². The topological polar surface area (TPSA) is 140 Å². The molecule has 0 saturated heterocycles. The van der Waals surface area contributed by atoms with Crippen molar-refractivity contribution in [1.82, 2.24) is 15.2 Å². The quantitative estimate of drug-likeness (QED) is 0.493. The number of aromatic nitrogens is 3. The molecule has 1 amide bonds. The number of hydrogen-bond donors (Lipinski definition) is 3. The number of nitrogens with one attached hydrogen (secondary N) is 2. The van der Waals surface area contributed by atoms with Gasteiger partial charge in [-0.05, 0) is 12.1 Å². The zero-order valence-electron chi connectivity index (χ0n) is 11.8. The normalized spacial score (nSPS) is 10.7. The fourth-order valence-corrected chi connectivity index (χ4v) is 2.20. The third-order valence-corrected chi connectivity index (χ3v) is 3.37. The van der Waals surface area contributed by atoms with Crippen LogP contribution in [0.2, 0.25) is 0 Å². The predicted octanol–water partition coefficient (Wildman–Crippen LogP) is 1.58. The highest BCUT2D eigenvalue weighted by Crippen LogP contribution is 2.23. The summed E-state index contributed by atoms with van der Waals surface area (Å²) in [5.74, 6) is -0.467. The predicted molar refractivity (Wildman–Crippen MR) is 82.8 cm³/mol. The van der Waals surface area contributed by atoms with Gasteiger partial charge in [0.1, 0.15) is 0 Å². The fourth-order valence-electron chi connectivity index (χ4n) is 2.20. The molecule has 0 fully saturated rings. The first-order valence-electron chi connectivity index (χ1n) is 6.67. The maximum Gasteiger partial charge on any atom is 0.274 e. The molecule has 0 aliphatic rings. The monoisotopic (exact) mass is 312 g/mol. The van der Waals surface area contributed by atoms with Crippen molar-refractivity contribution < 1.29 is 9.72 Å². The summed E-state index contributed by atoms with van der Waals surface area (Å²) in [6, 6.07) is 5.81. The van der Waals surface area contributed by atoms with Gasteiger partial charge in [0.15, 0.2) is 5.65 Å². The van der Waals surface area contributed by atoms with Crippen molar-refractivity contribution in [3.05, 3.63) is 57.9 Å². The number of carbonyl (C=O) groups excluding carboxylic acids is 1. The largest absolute Gasteiger partial charge is 0.326 e. The van der Waals surface area contributed by atoms with E-state index >= 15 is 0 Å². The molecule has 0 bridgehead atoms. The summed E-state index contributed by atoms with van der Waals surface area (Å²) in [6.07, 6.45) is 3.06. The van der Waals surface area contributed by atoms with Crippen LogP contribution in [0.4, 0.5) is 11.4 Å². The molecule has 1 aromatic carbocycles. The minimum atomic E-state index is -0.556. The number of nitrogens with zero attached hydrogens (tertiary/aromatic N) is 3. The number of amides is 1. The van der Waals surface area contributed by atoms with Crippen molar-refractivity contribution >= 4 is 28.3 Å². The summed E-state index contributed by atoms with van der Waals surface area (Å²) in [7, 11) is 0. The van der Waals surface area contributed by atoms with Crippen molar-refractivity contribution in [3.63, 3.8) is 0 Å². The Kier molecular flexibility index (Phi) is 3.69. The Morgan fingerprint density at radius 3 is 2.96 bits per heavy atom. The van der Waals surface area contributed by atoms with Crippen molar-refractivity contribution in [3.8, 4) is 0 Å². The first-order valence-corrected chi connectivity index (χ1v) is 6.67. The van der Waals surface area contributed by atoms with Crippen LogP contribution in [0.5, 0.6) is 0 Å². The Labute approximate surface area is 129 Å². The van der Waals surface area contributed by atoms with Crippen LogP contribution in [0.3, 0.4) is 0 Å². The van der Waals surface area contributed by atoms with Crippen molar-refractivity contribution in [2.75, 3.05) is 5.32 Å². The van der Waals surface area contributed by atoms with E-state index in [-0.39, 0.29) is 17.8 Å². The second-order valence-electron chi connectivity index (χ2n) is 4.75. The zero-order valence-corrected chi connectivity index (χ0v) is 11.8. The highest BCUT2D eigenvalue weighted by molar-refractivity contribution is 6.08. The van der Waals surface area contributed by atoms with Gasteiger partial charge in [-0.15, -0.1) is 0 Å². The van der Waals surface area contributed by atoms with Gasteiger partial charge >= 0.3 is 0 Å². The van der Waals surface area contributed by atoms with Gasteiger partial charge in [-0.25, -0.2) is 4.98 Å². The van der Waals surface area contributed by atoms with E-state index < -0.39 is 10.8 Å². The number of aromatic amines is 1. The van der Waals surface area contributed by atoms with Gasteiger partial charge in [-0.2, -0.15) is 5.10 Å². The van der Waals surface area contributed by atoms with Crippen molar-refractivity contribution in [2.45, 2.75) is 6.54 Å². The summed E-state index contributed by atoms with van der Waals surface area (Å²) in [4.78, 5) is 26.9. The standard InChI is InChI=1S/C14H12N6O3/c15-6-9-2-1-8(5-12(9)20(22)23)14(21)18-11-3-4-16-13-10(11)7-17-19-13/h1-5,7H,6,15H2,(H2,16,17,18,19,21). The van der Waals surface area contributed by atoms with Crippen LogP contribution in [-0.2, 0) is 6.54 Å². The molecule has 0 saturated carbocycles. The molecule has 0 aliphatic carbocycles. The number of nitro groups is 1. The Bertz CT molecular complexity index is 904. The van der Waals surface area contributed by atoms with Crippen LogP contribution in [0.25, 0.3) is 11.0 Å². The van der Waals surface area contributed by atoms with E-state index in [0.717, 1.165) is 0 Å². The molecule has 0 unspecified atom stereocenters. The molecular formula is C14H12N6O3. The van der Waals surface area contributed by atoms with E-state index in [2.05, 4.69) is 20.5 Å². The first-order chi connectivity index (χ1) is 11.1. The Morgan fingerprint density at radius 1 is 1.39 bits per heavy atom. The number of carbonyl (C=O) groups is 1. The molecule has 4 N–H and O–H groups in total. The summed E-state index contributed by atoms with van der Waals surface area (Å²) in [5, 5.41) is 21.0. The Balaban J connectivity index is 1.93. The highest BCUT2D eigenvalue weighted by Gasteiger charge is 2.17. The van der Waals surface area contributed by atoms with Crippen LogP contribution < -0.4 is 11.1 Å². The number of anilines is 1. The SMILES string of the molecule is NCc1ccc(C(=O)Nc2ccnc3[nH]ncc23)cc1[N+](=O)[O-]. The third-order valence-electron chi connectivity index (χ3n) is 3.37. The lowest BCUT2D eigenvalue weighted by Crippen LogP contribution is -2.13. The van der Waals surface area contributed by atoms with E-state index in [9.17, 15) is 14.9 Å². The van der Waals surface area contributed by atoms with Gasteiger partial charge < -0.3 is 11.1 Å². The van der Waals surface area contributed by atoms with Crippen LogP contribution in [0, 0.1) is 10.1 Å². The minimum absolute atomic E-state index is 0.0260. The molecule has 0 atom stereocenters. The lowest BCUT2D eigenvalue weighted by Gasteiger charge is -2.07. The lowest BCUT2D eigenvalue weighted by molar-refractivity contribution is -0.385. The Hall–Kier alpha value is -3.33. The first kappa shape index (κ1) is 14.6.